The van der Waals surface area contributed by atoms with Crippen molar-refractivity contribution in [1.82, 2.24) is 24.1 Å². The fourth-order valence-electron chi connectivity index (χ4n) is 3.91. The van der Waals surface area contributed by atoms with Crippen LogP contribution < -0.4 is 5.56 Å². The number of nitrogens with zero attached hydrogens (tertiary/aromatic N) is 5. The molecule has 5 aromatic rings. The Morgan fingerprint density at radius 1 is 1.00 bits per heavy atom. The van der Waals surface area contributed by atoms with E-state index in [0.29, 0.717) is 33.1 Å². The first kappa shape index (κ1) is 22.8. The molecule has 0 saturated carbocycles. The van der Waals surface area contributed by atoms with Gasteiger partial charge in [-0.25, -0.2) is 8.96 Å². The van der Waals surface area contributed by atoms with Gasteiger partial charge in [0.2, 0.25) is 11.7 Å². The maximum atomic E-state index is 14.0. The van der Waals surface area contributed by atoms with Crippen LogP contribution in [-0.2, 0) is 11.3 Å². The Labute approximate surface area is 204 Å². The number of aryl methyl sites for hydroxylation is 1. The van der Waals surface area contributed by atoms with E-state index in [9.17, 15) is 14.0 Å². The molecular weight excluding hydrogens is 465 g/mol. The molecule has 0 aliphatic carbocycles. The molecular formula is C26H22FN5O2S. The average molecular weight is 488 g/mol. The molecule has 2 heterocycles. The number of carbonyl (C=O) groups is 1. The molecule has 9 heteroatoms. The molecule has 0 aliphatic rings. The van der Waals surface area contributed by atoms with Crippen LogP contribution in [0.25, 0.3) is 22.4 Å². The fourth-order valence-corrected chi connectivity index (χ4v) is 4.79. The molecule has 0 saturated heterocycles. The third kappa shape index (κ3) is 4.30. The van der Waals surface area contributed by atoms with Crippen molar-refractivity contribution < 1.29 is 9.18 Å². The van der Waals surface area contributed by atoms with Gasteiger partial charge in [-0.3, -0.25) is 14.0 Å². The summed E-state index contributed by atoms with van der Waals surface area (Å²) in [6.07, 6.45) is 0. The predicted molar refractivity (Wildman–Crippen MR) is 134 cm³/mol. The normalized spacial score (nSPS) is 11.3. The first-order valence-electron chi connectivity index (χ1n) is 11.0. The van der Waals surface area contributed by atoms with Crippen molar-refractivity contribution in [3.63, 3.8) is 0 Å². The van der Waals surface area contributed by atoms with E-state index >= 15 is 0 Å². The van der Waals surface area contributed by atoms with Gasteiger partial charge in [0.25, 0.3) is 5.56 Å². The first-order valence-corrected chi connectivity index (χ1v) is 12.0. The minimum Gasteiger partial charge on any atom is -0.341 e. The van der Waals surface area contributed by atoms with E-state index in [1.165, 1.54) is 27.3 Å². The standard InChI is InChI=1S/C26H22FN5O2S/c1-17-11-13-19(14-12-17)31-24(34)20-8-4-6-10-22(20)32-25(31)28-29-26(32)35-16-23(33)30(2)15-18-7-3-5-9-21(18)27/h3-14H,15-16H2,1-2H3. The summed E-state index contributed by atoms with van der Waals surface area (Å²) in [6.45, 7) is 2.15. The zero-order valence-corrected chi connectivity index (χ0v) is 20.0. The molecule has 5 rings (SSSR count). The van der Waals surface area contributed by atoms with Gasteiger partial charge in [0.05, 0.1) is 22.3 Å². The maximum Gasteiger partial charge on any atom is 0.267 e. The summed E-state index contributed by atoms with van der Waals surface area (Å²) in [4.78, 5) is 27.7. The molecule has 2 aromatic heterocycles. The number of carbonyl (C=O) groups excluding carboxylic acids is 1. The van der Waals surface area contributed by atoms with E-state index in [1.54, 1.807) is 35.7 Å². The molecule has 3 aromatic carbocycles. The van der Waals surface area contributed by atoms with Crippen LogP contribution in [0.1, 0.15) is 11.1 Å². The minimum atomic E-state index is -0.344. The molecule has 0 bridgehead atoms. The van der Waals surface area contributed by atoms with Gasteiger partial charge in [0.15, 0.2) is 5.16 Å². The molecule has 7 nitrogen and oxygen atoms in total. The van der Waals surface area contributed by atoms with Gasteiger partial charge in [0, 0.05) is 19.2 Å². The Morgan fingerprint density at radius 3 is 2.49 bits per heavy atom. The van der Waals surface area contributed by atoms with E-state index in [2.05, 4.69) is 10.2 Å². The van der Waals surface area contributed by atoms with Crippen molar-refractivity contribution >= 4 is 34.3 Å². The molecule has 0 aliphatic heterocycles. The third-order valence-electron chi connectivity index (χ3n) is 5.80. The van der Waals surface area contributed by atoms with Crippen molar-refractivity contribution in [2.75, 3.05) is 12.8 Å². The topological polar surface area (TPSA) is 72.5 Å². The summed E-state index contributed by atoms with van der Waals surface area (Å²) >= 11 is 1.22. The zero-order valence-electron chi connectivity index (χ0n) is 19.2. The van der Waals surface area contributed by atoms with Gasteiger partial charge in [0.1, 0.15) is 5.82 Å². The van der Waals surface area contributed by atoms with Crippen LogP contribution in [0.2, 0.25) is 0 Å². The molecule has 176 valence electrons. The summed E-state index contributed by atoms with van der Waals surface area (Å²) in [6, 6.07) is 21.3. The summed E-state index contributed by atoms with van der Waals surface area (Å²) in [7, 11) is 1.64. The van der Waals surface area contributed by atoms with Crippen LogP contribution in [-0.4, -0.2) is 42.8 Å². The number of halogens is 1. The highest BCUT2D eigenvalue weighted by Gasteiger charge is 2.19. The van der Waals surface area contributed by atoms with E-state index < -0.39 is 0 Å². The summed E-state index contributed by atoms with van der Waals surface area (Å²) in [5.74, 6) is -0.0637. The zero-order chi connectivity index (χ0) is 24.5. The van der Waals surface area contributed by atoms with Crippen molar-refractivity contribution in [3.8, 4) is 5.69 Å². The Morgan fingerprint density at radius 2 is 1.71 bits per heavy atom. The molecule has 35 heavy (non-hydrogen) atoms. The molecule has 0 atom stereocenters. The lowest BCUT2D eigenvalue weighted by Crippen LogP contribution is -2.28. The largest absolute Gasteiger partial charge is 0.341 e. The van der Waals surface area contributed by atoms with Gasteiger partial charge >= 0.3 is 0 Å². The van der Waals surface area contributed by atoms with E-state index in [0.717, 1.165) is 5.56 Å². The van der Waals surface area contributed by atoms with Crippen molar-refractivity contribution in [2.24, 2.45) is 0 Å². The minimum absolute atomic E-state index is 0.0870. The van der Waals surface area contributed by atoms with Crippen LogP contribution in [0.5, 0.6) is 0 Å². The number of rotatable bonds is 6. The Bertz CT molecular complexity index is 1610. The van der Waals surface area contributed by atoms with Crippen molar-refractivity contribution in [2.45, 2.75) is 18.6 Å². The number of fused-ring (bicyclic) bond motifs is 3. The maximum absolute atomic E-state index is 14.0. The van der Waals surface area contributed by atoms with Crippen LogP contribution in [0.3, 0.4) is 0 Å². The summed E-state index contributed by atoms with van der Waals surface area (Å²) < 4.78 is 17.3. The molecule has 0 N–H and O–H groups in total. The number of hydrogen-bond acceptors (Lipinski definition) is 5. The highest BCUT2D eigenvalue weighted by Crippen LogP contribution is 2.24. The monoisotopic (exact) mass is 487 g/mol. The molecule has 0 unspecified atom stereocenters. The quantitative estimate of drug-likeness (QED) is 0.335. The second kappa shape index (κ2) is 9.34. The smallest absolute Gasteiger partial charge is 0.267 e. The Balaban J connectivity index is 1.50. The lowest BCUT2D eigenvalue weighted by atomic mass is 10.2. The van der Waals surface area contributed by atoms with Gasteiger partial charge in [-0.05, 0) is 37.3 Å². The number of hydrogen-bond donors (Lipinski definition) is 0. The van der Waals surface area contributed by atoms with Crippen molar-refractivity contribution in [1.29, 1.82) is 0 Å². The number of aromatic nitrogens is 4. The van der Waals surface area contributed by atoms with Gasteiger partial charge < -0.3 is 4.90 Å². The Hall–Kier alpha value is -3.98. The molecule has 0 spiro atoms. The predicted octanol–water partition coefficient (Wildman–Crippen LogP) is 4.23. The van der Waals surface area contributed by atoms with E-state index in [-0.39, 0.29) is 29.6 Å². The van der Waals surface area contributed by atoms with Crippen molar-refractivity contribution in [3.05, 3.63) is 100 Å². The molecule has 0 fully saturated rings. The average Bonchev–Trinajstić information content (AvgIpc) is 3.29. The fraction of sp³-hybridized carbons (Fsp3) is 0.154. The van der Waals surface area contributed by atoms with E-state index in [4.69, 9.17) is 0 Å². The number of amides is 1. The second-order valence-electron chi connectivity index (χ2n) is 8.24. The molecule has 0 radical (unpaired) electrons. The summed E-state index contributed by atoms with van der Waals surface area (Å²) in [5, 5.41) is 9.63. The van der Waals surface area contributed by atoms with E-state index in [1.807, 2.05) is 49.4 Å². The van der Waals surface area contributed by atoms with Gasteiger partial charge in [-0.1, -0.05) is 59.8 Å². The SMILES string of the molecule is Cc1ccc(-n2c(=O)c3ccccc3n3c(SCC(=O)N(C)Cc4ccccc4F)nnc23)cc1. The van der Waals surface area contributed by atoms with Gasteiger partial charge in [-0.2, -0.15) is 0 Å². The molecule has 1 amide bonds. The lowest BCUT2D eigenvalue weighted by Gasteiger charge is -2.17. The number of thioether (sulfide) groups is 1. The van der Waals surface area contributed by atoms with Crippen LogP contribution in [0, 0.1) is 12.7 Å². The summed E-state index contributed by atoms with van der Waals surface area (Å²) in [5.41, 5.74) is 2.68. The van der Waals surface area contributed by atoms with Gasteiger partial charge in [-0.15, -0.1) is 10.2 Å². The third-order valence-corrected chi connectivity index (χ3v) is 6.72. The first-order chi connectivity index (χ1) is 16.9. The highest BCUT2D eigenvalue weighted by molar-refractivity contribution is 7.99. The van der Waals surface area contributed by atoms with Crippen LogP contribution in [0.15, 0.2) is 82.7 Å². The number of benzene rings is 3. The van der Waals surface area contributed by atoms with Crippen LogP contribution in [0.4, 0.5) is 4.39 Å². The lowest BCUT2D eigenvalue weighted by molar-refractivity contribution is -0.127. The highest BCUT2D eigenvalue weighted by atomic mass is 32.2. The second-order valence-corrected chi connectivity index (χ2v) is 9.18. The Kier molecular flexibility index (Phi) is 6.08. The van der Waals surface area contributed by atoms with Crippen LogP contribution >= 0.6 is 11.8 Å². The number of para-hydroxylation sites is 1.